The fraction of sp³-hybridized carbons (Fsp3) is 1.00. The minimum Gasteiger partial charge on any atom is -0.313 e. The van der Waals surface area contributed by atoms with E-state index in [9.17, 15) is 8.42 Å². The van der Waals surface area contributed by atoms with E-state index >= 15 is 0 Å². The summed E-state index contributed by atoms with van der Waals surface area (Å²) in [7, 11) is -3.32. The predicted octanol–water partition coefficient (Wildman–Crippen LogP) is 1.96. The van der Waals surface area contributed by atoms with E-state index in [-0.39, 0.29) is 6.04 Å². The molecule has 2 aliphatic rings. The summed E-state index contributed by atoms with van der Waals surface area (Å²) in [5.74, 6) is 0. The van der Waals surface area contributed by atoms with Crippen LogP contribution in [0.25, 0.3) is 0 Å². The fourth-order valence-corrected chi connectivity index (χ4v) is 5.21. The molecule has 1 unspecified atom stereocenters. The van der Waals surface area contributed by atoms with Gasteiger partial charge in [0.25, 0.3) is 10.2 Å². The quantitative estimate of drug-likeness (QED) is 0.843. The van der Waals surface area contributed by atoms with Crippen molar-refractivity contribution in [3.63, 3.8) is 0 Å². The van der Waals surface area contributed by atoms with Crippen molar-refractivity contribution >= 4 is 10.2 Å². The molecule has 21 heavy (non-hydrogen) atoms. The van der Waals surface area contributed by atoms with Gasteiger partial charge in [-0.15, -0.1) is 0 Å². The largest absolute Gasteiger partial charge is 0.313 e. The maximum absolute atomic E-state index is 13.0. The summed E-state index contributed by atoms with van der Waals surface area (Å²) < 4.78 is 29.4. The predicted molar refractivity (Wildman–Crippen MR) is 86.4 cm³/mol. The molecular formula is C15H31N3O2S. The van der Waals surface area contributed by atoms with Crippen LogP contribution in [0.4, 0.5) is 0 Å². The van der Waals surface area contributed by atoms with Gasteiger partial charge in [-0.25, -0.2) is 0 Å². The third-order valence-corrected chi connectivity index (χ3v) is 6.76. The van der Waals surface area contributed by atoms with Crippen molar-refractivity contribution in [1.29, 1.82) is 0 Å². The number of rotatable bonds is 5. The van der Waals surface area contributed by atoms with Crippen molar-refractivity contribution in [2.45, 2.75) is 70.9 Å². The number of hydrogen-bond acceptors (Lipinski definition) is 3. The first kappa shape index (κ1) is 17.2. The Morgan fingerprint density at radius 2 is 1.76 bits per heavy atom. The van der Waals surface area contributed by atoms with Gasteiger partial charge in [0.05, 0.1) is 0 Å². The molecule has 6 heteroatoms. The van der Waals surface area contributed by atoms with E-state index in [1.54, 1.807) is 8.61 Å². The Balaban J connectivity index is 2.07. The number of piperidine rings is 1. The summed E-state index contributed by atoms with van der Waals surface area (Å²) in [5.41, 5.74) is 0. The molecule has 5 nitrogen and oxygen atoms in total. The summed E-state index contributed by atoms with van der Waals surface area (Å²) in [5, 5.41) is 3.47. The van der Waals surface area contributed by atoms with Gasteiger partial charge in [-0.05, 0) is 46.1 Å². The molecule has 2 saturated heterocycles. The van der Waals surface area contributed by atoms with Crippen molar-refractivity contribution < 1.29 is 8.42 Å². The summed E-state index contributed by atoms with van der Waals surface area (Å²) in [6.07, 6.45) is 7.78. The fourth-order valence-electron chi connectivity index (χ4n) is 3.29. The lowest BCUT2D eigenvalue weighted by Crippen LogP contribution is -2.52. The van der Waals surface area contributed by atoms with Gasteiger partial charge in [0.1, 0.15) is 0 Å². The van der Waals surface area contributed by atoms with Gasteiger partial charge in [0.2, 0.25) is 0 Å². The molecule has 1 N–H and O–H groups in total. The first-order valence-corrected chi connectivity index (χ1v) is 9.92. The van der Waals surface area contributed by atoms with E-state index in [1.165, 1.54) is 12.8 Å². The average Bonchev–Trinajstić information content (AvgIpc) is 2.75. The van der Waals surface area contributed by atoms with Crippen LogP contribution < -0.4 is 5.32 Å². The van der Waals surface area contributed by atoms with Crippen LogP contribution in [0, 0.1) is 0 Å². The molecule has 2 fully saturated rings. The Bertz CT molecular complexity index is 397. The Hall–Kier alpha value is -0.170. The van der Waals surface area contributed by atoms with Crippen LogP contribution in [0.1, 0.15) is 58.8 Å². The highest BCUT2D eigenvalue weighted by Gasteiger charge is 2.33. The maximum Gasteiger partial charge on any atom is 0.282 e. The normalized spacial score (nSPS) is 26.2. The first-order valence-electron chi connectivity index (χ1n) is 8.52. The van der Waals surface area contributed by atoms with Gasteiger partial charge >= 0.3 is 0 Å². The highest BCUT2D eigenvalue weighted by atomic mass is 32.2. The van der Waals surface area contributed by atoms with Gasteiger partial charge < -0.3 is 5.32 Å². The number of nitrogens with zero attached hydrogens (tertiary/aromatic N) is 2. The van der Waals surface area contributed by atoms with Gasteiger partial charge in [0.15, 0.2) is 0 Å². The third kappa shape index (κ3) is 4.65. The molecule has 0 bridgehead atoms. The molecule has 1 atom stereocenters. The van der Waals surface area contributed by atoms with Crippen molar-refractivity contribution in [1.82, 2.24) is 13.9 Å². The van der Waals surface area contributed by atoms with E-state index in [1.807, 2.05) is 13.8 Å². The van der Waals surface area contributed by atoms with Crippen LogP contribution in [0.15, 0.2) is 0 Å². The van der Waals surface area contributed by atoms with Crippen LogP contribution in [0.2, 0.25) is 0 Å². The van der Waals surface area contributed by atoms with E-state index in [2.05, 4.69) is 5.32 Å². The molecule has 0 aromatic heterocycles. The zero-order chi connectivity index (χ0) is 15.3. The third-order valence-electron chi connectivity index (χ3n) is 4.58. The summed E-state index contributed by atoms with van der Waals surface area (Å²) >= 11 is 0. The molecule has 2 heterocycles. The van der Waals surface area contributed by atoms with E-state index in [4.69, 9.17) is 0 Å². The van der Waals surface area contributed by atoms with E-state index < -0.39 is 10.2 Å². The molecule has 0 spiro atoms. The molecule has 0 aliphatic carbocycles. The molecule has 0 saturated carbocycles. The molecular weight excluding hydrogens is 286 g/mol. The van der Waals surface area contributed by atoms with Gasteiger partial charge in [0, 0.05) is 31.7 Å². The lowest BCUT2D eigenvalue weighted by atomic mass is 10.1. The Kier molecular flexibility index (Phi) is 6.47. The van der Waals surface area contributed by atoms with Gasteiger partial charge in [-0.3, -0.25) is 0 Å². The molecule has 0 aromatic rings. The second-order valence-electron chi connectivity index (χ2n) is 6.63. The van der Waals surface area contributed by atoms with Crippen LogP contribution >= 0.6 is 0 Å². The maximum atomic E-state index is 13.0. The van der Waals surface area contributed by atoms with Crippen molar-refractivity contribution in [3.05, 3.63) is 0 Å². The van der Waals surface area contributed by atoms with Gasteiger partial charge in [-0.1, -0.05) is 19.3 Å². The highest BCUT2D eigenvalue weighted by molar-refractivity contribution is 7.86. The lowest BCUT2D eigenvalue weighted by Gasteiger charge is -2.35. The van der Waals surface area contributed by atoms with Gasteiger partial charge in [-0.2, -0.15) is 17.0 Å². The second kappa shape index (κ2) is 7.90. The van der Waals surface area contributed by atoms with Crippen LogP contribution in [0.5, 0.6) is 0 Å². The van der Waals surface area contributed by atoms with E-state index in [0.717, 1.165) is 38.6 Å². The van der Waals surface area contributed by atoms with Crippen molar-refractivity contribution in [2.75, 3.05) is 26.2 Å². The topological polar surface area (TPSA) is 52.7 Å². The SMILES string of the molecule is CC(C)N(CC1CCCCN1)S(=O)(=O)N1CCCCCC1. The highest BCUT2D eigenvalue weighted by Crippen LogP contribution is 2.20. The molecule has 0 amide bonds. The van der Waals surface area contributed by atoms with Crippen LogP contribution in [0.3, 0.4) is 0 Å². The zero-order valence-corrected chi connectivity index (χ0v) is 14.4. The minimum absolute atomic E-state index is 0.0157. The summed E-state index contributed by atoms with van der Waals surface area (Å²) in [6, 6.07) is 0.324. The smallest absolute Gasteiger partial charge is 0.282 e. The molecule has 0 aromatic carbocycles. The Morgan fingerprint density at radius 1 is 1.10 bits per heavy atom. The molecule has 2 aliphatic heterocycles. The zero-order valence-electron chi connectivity index (χ0n) is 13.6. The monoisotopic (exact) mass is 317 g/mol. The Labute approximate surface area is 130 Å². The molecule has 124 valence electrons. The lowest BCUT2D eigenvalue weighted by molar-refractivity contribution is 0.260. The number of hydrogen-bond donors (Lipinski definition) is 1. The van der Waals surface area contributed by atoms with E-state index in [0.29, 0.717) is 25.7 Å². The number of nitrogens with one attached hydrogen (secondary N) is 1. The van der Waals surface area contributed by atoms with Crippen LogP contribution in [-0.4, -0.2) is 55.3 Å². The van der Waals surface area contributed by atoms with Crippen molar-refractivity contribution in [2.24, 2.45) is 0 Å². The Morgan fingerprint density at radius 3 is 2.29 bits per heavy atom. The minimum atomic E-state index is -3.32. The second-order valence-corrected chi connectivity index (χ2v) is 8.51. The summed E-state index contributed by atoms with van der Waals surface area (Å²) in [4.78, 5) is 0. The molecule has 0 radical (unpaired) electrons. The standard InChI is InChI=1S/C15H31N3O2S/c1-14(2)18(13-15-9-5-6-10-16-15)21(19,20)17-11-7-3-4-8-12-17/h14-16H,3-13H2,1-2H3. The molecule has 2 rings (SSSR count). The van der Waals surface area contributed by atoms with Crippen LogP contribution in [-0.2, 0) is 10.2 Å². The average molecular weight is 317 g/mol. The van der Waals surface area contributed by atoms with Crippen molar-refractivity contribution in [3.8, 4) is 0 Å². The first-order chi connectivity index (χ1) is 10.0. The summed E-state index contributed by atoms with van der Waals surface area (Å²) in [6.45, 7) is 6.96.